The average Bonchev–Trinajstić information content (AvgIpc) is 2.35. The molecule has 0 saturated heterocycles. The number of nitrogens with one attached hydrogen (secondary N) is 1. The third kappa shape index (κ3) is 4.93. The van der Waals surface area contributed by atoms with Gasteiger partial charge in [-0.3, -0.25) is 0 Å². The summed E-state index contributed by atoms with van der Waals surface area (Å²) in [6, 6.07) is 7.36. The fourth-order valence-electron chi connectivity index (χ4n) is 1.54. The number of nitriles is 1. The van der Waals surface area contributed by atoms with Crippen LogP contribution in [0.3, 0.4) is 0 Å². The molecule has 0 aliphatic rings. The molecule has 1 aromatic carbocycles. The Morgan fingerprint density at radius 1 is 1.35 bits per heavy atom. The monoisotopic (exact) mass is 248 g/mol. The smallest absolute Gasteiger partial charge is 0.0992 e. The molecule has 17 heavy (non-hydrogen) atoms. The second-order valence-corrected chi connectivity index (χ2v) is 4.28. The molecule has 3 heteroatoms. The van der Waals surface area contributed by atoms with Crippen LogP contribution in [0.4, 0.5) is 5.69 Å². The van der Waals surface area contributed by atoms with Crippen LogP contribution >= 0.6 is 11.6 Å². The van der Waals surface area contributed by atoms with Gasteiger partial charge >= 0.3 is 0 Å². The van der Waals surface area contributed by atoms with Gasteiger partial charge in [0.25, 0.3) is 0 Å². The number of rotatable bonds is 7. The first-order valence-corrected chi connectivity index (χ1v) is 6.20. The van der Waals surface area contributed by atoms with Crippen LogP contribution in [-0.4, -0.2) is 6.54 Å². The molecule has 0 amide bonds. The van der Waals surface area contributed by atoms with E-state index in [1.165, 1.54) is 12.8 Å². The highest BCUT2D eigenvalue weighted by Crippen LogP contribution is 2.22. The van der Waals surface area contributed by atoms with Crippen molar-refractivity contribution in [2.75, 3.05) is 11.9 Å². The lowest BCUT2D eigenvalue weighted by Crippen LogP contribution is -2.02. The Kier molecular flexibility index (Phi) is 6.21. The molecule has 0 unspecified atom stereocenters. The molecule has 0 radical (unpaired) electrons. The minimum Gasteiger partial charge on any atom is -0.384 e. The molecule has 0 spiro atoms. The Bertz CT molecular complexity index is 407. The third-order valence-corrected chi connectivity index (χ3v) is 2.83. The number of allylic oxidation sites excluding steroid dienone is 1. The third-order valence-electron chi connectivity index (χ3n) is 2.50. The summed E-state index contributed by atoms with van der Waals surface area (Å²) in [6.07, 6.45) is 6.47. The normalized spacial score (nSPS) is 9.65. The van der Waals surface area contributed by atoms with E-state index in [-0.39, 0.29) is 0 Å². The second-order valence-electron chi connectivity index (χ2n) is 3.87. The van der Waals surface area contributed by atoms with Crippen molar-refractivity contribution in [3.8, 4) is 6.07 Å². The lowest BCUT2D eigenvalue weighted by molar-refractivity contribution is 0.709. The van der Waals surface area contributed by atoms with E-state index < -0.39 is 0 Å². The first kappa shape index (κ1) is 13.6. The van der Waals surface area contributed by atoms with Gasteiger partial charge in [-0.25, -0.2) is 0 Å². The summed E-state index contributed by atoms with van der Waals surface area (Å²) in [6.45, 7) is 4.57. The van der Waals surface area contributed by atoms with Crippen LogP contribution in [0.2, 0.25) is 5.02 Å². The van der Waals surface area contributed by atoms with Gasteiger partial charge in [-0.15, -0.1) is 6.58 Å². The minimum atomic E-state index is 0.628. The van der Waals surface area contributed by atoms with E-state index in [0.717, 1.165) is 25.1 Å². The molecule has 1 rings (SSSR count). The van der Waals surface area contributed by atoms with Crippen LogP contribution in [0.1, 0.15) is 31.2 Å². The van der Waals surface area contributed by atoms with E-state index in [4.69, 9.17) is 16.9 Å². The Morgan fingerprint density at radius 2 is 2.18 bits per heavy atom. The van der Waals surface area contributed by atoms with Crippen molar-refractivity contribution in [1.29, 1.82) is 5.26 Å². The van der Waals surface area contributed by atoms with Crippen molar-refractivity contribution in [2.24, 2.45) is 0 Å². The first-order valence-electron chi connectivity index (χ1n) is 5.82. The molecule has 0 aromatic heterocycles. The number of anilines is 1. The maximum Gasteiger partial charge on any atom is 0.0992 e. The molecule has 0 saturated carbocycles. The van der Waals surface area contributed by atoms with Crippen molar-refractivity contribution < 1.29 is 0 Å². The summed E-state index contributed by atoms with van der Waals surface area (Å²) in [5, 5.41) is 12.7. The summed E-state index contributed by atoms with van der Waals surface area (Å²) in [5.74, 6) is 0. The molecule has 90 valence electrons. The van der Waals surface area contributed by atoms with Crippen LogP contribution in [0.15, 0.2) is 30.9 Å². The van der Waals surface area contributed by atoms with Crippen molar-refractivity contribution in [2.45, 2.75) is 25.7 Å². The van der Waals surface area contributed by atoms with Crippen LogP contribution in [0.5, 0.6) is 0 Å². The lowest BCUT2D eigenvalue weighted by Gasteiger charge is -2.08. The summed E-state index contributed by atoms with van der Waals surface area (Å²) in [7, 11) is 0. The topological polar surface area (TPSA) is 35.8 Å². The lowest BCUT2D eigenvalue weighted by atomic mass is 10.2. The van der Waals surface area contributed by atoms with Crippen LogP contribution in [0.25, 0.3) is 0 Å². The zero-order chi connectivity index (χ0) is 12.5. The Hall–Kier alpha value is -1.46. The van der Waals surface area contributed by atoms with Gasteiger partial charge < -0.3 is 5.32 Å². The molecule has 0 aliphatic carbocycles. The predicted molar refractivity (Wildman–Crippen MR) is 73.3 cm³/mol. The van der Waals surface area contributed by atoms with Gasteiger partial charge in [-0.05, 0) is 37.5 Å². The standard InChI is InChI=1S/C14H17ClN2/c1-2-3-4-5-6-9-17-14-10-12(11-16)7-8-13(14)15/h2,7-8,10,17H,1,3-6,9H2. The quantitative estimate of drug-likeness (QED) is 0.575. The number of hydrogen-bond acceptors (Lipinski definition) is 2. The summed E-state index contributed by atoms with van der Waals surface area (Å²) >= 11 is 6.03. The zero-order valence-corrected chi connectivity index (χ0v) is 10.6. The van der Waals surface area contributed by atoms with Gasteiger partial charge in [0.1, 0.15) is 0 Å². The summed E-state index contributed by atoms with van der Waals surface area (Å²) in [5.41, 5.74) is 1.47. The molecule has 1 aromatic rings. The summed E-state index contributed by atoms with van der Waals surface area (Å²) < 4.78 is 0. The minimum absolute atomic E-state index is 0.628. The van der Waals surface area contributed by atoms with Gasteiger partial charge in [0.2, 0.25) is 0 Å². The predicted octanol–water partition coefficient (Wildman–Crippen LogP) is 4.37. The Balaban J connectivity index is 2.36. The van der Waals surface area contributed by atoms with E-state index in [2.05, 4.69) is 18.0 Å². The average molecular weight is 249 g/mol. The number of halogens is 1. The van der Waals surface area contributed by atoms with Gasteiger partial charge in [-0.1, -0.05) is 24.1 Å². The van der Waals surface area contributed by atoms with E-state index in [0.29, 0.717) is 10.6 Å². The molecule has 0 aliphatic heterocycles. The van der Waals surface area contributed by atoms with E-state index in [1.807, 2.05) is 6.08 Å². The van der Waals surface area contributed by atoms with Gasteiger partial charge in [-0.2, -0.15) is 5.26 Å². The molecule has 2 nitrogen and oxygen atoms in total. The highest BCUT2D eigenvalue weighted by Gasteiger charge is 2.00. The molecule has 0 heterocycles. The maximum atomic E-state index is 8.79. The van der Waals surface area contributed by atoms with Crippen LogP contribution in [-0.2, 0) is 0 Å². The van der Waals surface area contributed by atoms with Gasteiger partial charge in [0.15, 0.2) is 0 Å². The molecule has 0 atom stereocenters. The largest absolute Gasteiger partial charge is 0.384 e. The van der Waals surface area contributed by atoms with E-state index in [1.54, 1.807) is 18.2 Å². The van der Waals surface area contributed by atoms with Crippen LogP contribution in [0, 0.1) is 11.3 Å². The second kappa shape index (κ2) is 7.76. The number of benzene rings is 1. The van der Waals surface area contributed by atoms with Crippen molar-refractivity contribution in [3.63, 3.8) is 0 Å². The highest BCUT2D eigenvalue weighted by molar-refractivity contribution is 6.33. The van der Waals surface area contributed by atoms with E-state index in [9.17, 15) is 0 Å². The zero-order valence-electron chi connectivity index (χ0n) is 9.88. The van der Waals surface area contributed by atoms with Crippen molar-refractivity contribution in [1.82, 2.24) is 0 Å². The number of unbranched alkanes of at least 4 members (excludes halogenated alkanes) is 3. The Labute approximate surface area is 108 Å². The molecule has 1 N–H and O–H groups in total. The first-order chi connectivity index (χ1) is 8.27. The molecule has 0 bridgehead atoms. The maximum absolute atomic E-state index is 8.79. The molecular weight excluding hydrogens is 232 g/mol. The molecule has 0 fully saturated rings. The SMILES string of the molecule is C=CCCCCCNc1cc(C#N)ccc1Cl. The van der Waals surface area contributed by atoms with Crippen LogP contribution < -0.4 is 5.32 Å². The fourth-order valence-corrected chi connectivity index (χ4v) is 1.73. The molecular formula is C14H17ClN2. The Morgan fingerprint density at radius 3 is 2.88 bits per heavy atom. The number of hydrogen-bond donors (Lipinski definition) is 1. The van der Waals surface area contributed by atoms with E-state index >= 15 is 0 Å². The van der Waals surface area contributed by atoms with Gasteiger partial charge in [0.05, 0.1) is 22.3 Å². The van der Waals surface area contributed by atoms with Crippen molar-refractivity contribution >= 4 is 17.3 Å². The fraction of sp³-hybridized carbons (Fsp3) is 0.357. The highest BCUT2D eigenvalue weighted by atomic mass is 35.5. The summed E-state index contributed by atoms with van der Waals surface area (Å²) in [4.78, 5) is 0. The number of nitrogens with zero attached hydrogens (tertiary/aromatic N) is 1. The van der Waals surface area contributed by atoms with Gasteiger partial charge in [0, 0.05) is 6.54 Å². The van der Waals surface area contributed by atoms with Crippen molar-refractivity contribution in [3.05, 3.63) is 41.4 Å².